The van der Waals surface area contributed by atoms with E-state index in [-0.39, 0.29) is 10.5 Å². The van der Waals surface area contributed by atoms with Crippen LogP contribution < -0.4 is 19.7 Å². The van der Waals surface area contributed by atoms with Crippen molar-refractivity contribution in [2.45, 2.75) is 11.8 Å². The maximum atomic E-state index is 12.2. The van der Waals surface area contributed by atoms with Crippen molar-refractivity contribution in [2.75, 3.05) is 13.2 Å². The smallest absolute Gasteiger partial charge is 0.269 e. The average molecular weight is 338 g/mol. The molecule has 2 heterocycles. The number of benzene rings is 1. The average Bonchev–Trinajstić information content (AvgIpc) is 2.98. The molecule has 2 N–H and O–H groups in total. The van der Waals surface area contributed by atoms with E-state index in [9.17, 15) is 13.2 Å². The third kappa shape index (κ3) is 3.15. The summed E-state index contributed by atoms with van der Waals surface area (Å²) in [4.78, 5) is 13.9. The number of aryl methyl sites for hydroxylation is 1. The molecule has 8 nitrogen and oxygen atoms in total. The fourth-order valence-corrected chi connectivity index (χ4v) is 2.91. The van der Waals surface area contributed by atoms with E-state index in [0.29, 0.717) is 30.5 Å². The van der Waals surface area contributed by atoms with Crippen LogP contribution in [0.4, 0.5) is 0 Å². The summed E-state index contributed by atoms with van der Waals surface area (Å²) in [5, 5.41) is 0. The van der Waals surface area contributed by atoms with Crippen molar-refractivity contribution in [2.24, 2.45) is 0 Å². The van der Waals surface area contributed by atoms with E-state index in [2.05, 4.69) is 5.43 Å². The molecule has 0 radical (unpaired) electrons. The molecule has 0 saturated carbocycles. The number of sulfonamides is 1. The molecule has 3 rings (SSSR count). The van der Waals surface area contributed by atoms with Gasteiger partial charge < -0.3 is 13.9 Å². The van der Waals surface area contributed by atoms with Gasteiger partial charge in [0.25, 0.3) is 15.9 Å². The third-order valence-corrected chi connectivity index (χ3v) is 4.47. The lowest BCUT2D eigenvalue weighted by Crippen LogP contribution is -2.41. The Morgan fingerprint density at radius 2 is 1.87 bits per heavy atom. The molecule has 0 spiro atoms. The van der Waals surface area contributed by atoms with Gasteiger partial charge in [-0.3, -0.25) is 10.2 Å². The first-order chi connectivity index (χ1) is 11.0. The maximum absolute atomic E-state index is 12.2. The van der Waals surface area contributed by atoms with Crippen LogP contribution in [0.15, 0.2) is 39.8 Å². The topological polar surface area (TPSA) is 107 Å². The maximum Gasteiger partial charge on any atom is 0.269 e. The highest BCUT2D eigenvalue weighted by Crippen LogP contribution is 2.32. The summed E-state index contributed by atoms with van der Waals surface area (Å²) in [7, 11) is -3.94. The van der Waals surface area contributed by atoms with Crippen LogP contribution >= 0.6 is 0 Å². The fraction of sp³-hybridized carbons (Fsp3) is 0.214. The number of carbonyl (C=O) groups excluding carboxylic acids is 1. The van der Waals surface area contributed by atoms with Crippen LogP contribution in [0.2, 0.25) is 0 Å². The van der Waals surface area contributed by atoms with Gasteiger partial charge in [0.15, 0.2) is 11.5 Å². The fourth-order valence-electron chi connectivity index (χ4n) is 2.05. The molecule has 1 aliphatic heterocycles. The predicted molar refractivity (Wildman–Crippen MR) is 78.7 cm³/mol. The van der Waals surface area contributed by atoms with Crippen LogP contribution in [-0.2, 0) is 10.0 Å². The van der Waals surface area contributed by atoms with E-state index >= 15 is 0 Å². The monoisotopic (exact) mass is 338 g/mol. The van der Waals surface area contributed by atoms with Crippen LogP contribution in [0.3, 0.4) is 0 Å². The van der Waals surface area contributed by atoms with Crippen molar-refractivity contribution in [3.8, 4) is 11.5 Å². The zero-order valence-corrected chi connectivity index (χ0v) is 13.0. The number of fused-ring (bicyclic) bond motifs is 1. The zero-order valence-electron chi connectivity index (χ0n) is 12.2. The van der Waals surface area contributed by atoms with Gasteiger partial charge in [-0.1, -0.05) is 0 Å². The lowest BCUT2D eigenvalue weighted by atomic mass is 10.2. The molecular formula is C14H14N2O6S. The Labute approximate surface area is 132 Å². The van der Waals surface area contributed by atoms with Crippen LogP contribution in [0.1, 0.15) is 16.1 Å². The molecule has 0 aliphatic carbocycles. The largest absolute Gasteiger partial charge is 0.486 e. The van der Waals surface area contributed by atoms with Gasteiger partial charge in [-0.2, -0.15) is 0 Å². The number of nitrogens with one attached hydrogen (secondary N) is 2. The van der Waals surface area contributed by atoms with Gasteiger partial charge in [-0.05, 0) is 25.1 Å². The van der Waals surface area contributed by atoms with Crippen molar-refractivity contribution in [1.29, 1.82) is 0 Å². The Kier molecular flexibility index (Phi) is 3.97. The summed E-state index contributed by atoms with van der Waals surface area (Å²) in [5.74, 6) is 0.600. The number of rotatable bonds is 4. The second kappa shape index (κ2) is 5.94. The van der Waals surface area contributed by atoms with Crippen molar-refractivity contribution in [1.82, 2.24) is 10.3 Å². The predicted octanol–water partition coefficient (Wildman–Crippen LogP) is 0.983. The van der Waals surface area contributed by atoms with Crippen molar-refractivity contribution < 1.29 is 27.1 Å². The van der Waals surface area contributed by atoms with Crippen LogP contribution in [0.25, 0.3) is 0 Å². The van der Waals surface area contributed by atoms with Crippen LogP contribution in [0, 0.1) is 6.92 Å². The number of ether oxygens (including phenoxy) is 2. The summed E-state index contributed by atoms with van der Waals surface area (Å²) in [6.45, 7) is 2.36. The number of furan rings is 1. The van der Waals surface area contributed by atoms with Crippen molar-refractivity contribution >= 4 is 15.9 Å². The molecular weight excluding hydrogens is 324 g/mol. The summed E-state index contributed by atoms with van der Waals surface area (Å²) in [6.07, 6.45) is 1.35. The minimum absolute atomic E-state index is 0.0500. The molecule has 1 amide bonds. The van der Waals surface area contributed by atoms with Gasteiger partial charge in [-0.25, -0.2) is 8.42 Å². The third-order valence-electron chi connectivity index (χ3n) is 3.23. The summed E-state index contributed by atoms with van der Waals surface area (Å²) in [5.41, 5.74) is 2.38. The van der Waals surface area contributed by atoms with Gasteiger partial charge in [-0.15, -0.1) is 4.83 Å². The number of hydrazine groups is 1. The van der Waals surface area contributed by atoms with Gasteiger partial charge >= 0.3 is 0 Å². The molecule has 0 atom stereocenters. The van der Waals surface area contributed by atoms with Crippen LogP contribution in [-0.4, -0.2) is 27.5 Å². The highest BCUT2D eigenvalue weighted by molar-refractivity contribution is 7.89. The first kappa shape index (κ1) is 15.4. The number of amides is 1. The van der Waals surface area contributed by atoms with Gasteiger partial charge in [0.2, 0.25) is 0 Å². The molecule has 0 bridgehead atoms. The van der Waals surface area contributed by atoms with Crippen molar-refractivity contribution in [3.63, 3.8) is 0 Å². The van der Waals surface area contributed by atoms with Gasteiger partial charge in [0, 0.05) is 6.07 Å². The number of hydrogen-bond donors (Lipinski definition) is 2. The summed E-state index contributed by atoms with van der Waals surface area (Å²) in [6, 6.07) is 5.66. The highest BCUT2D eigenvalue weighted by atomic mass is 32.2. The van der Waals surface area contributed by atoms with E-state index < -0.39 is 15.9 Å². The minimum Gasteiger partial charge on any atom is -0.486 e. The van der Waals surface area contributed by atoms with Gasteiger partial charge in [0.05, 0.1) is 16.7 Å². The Morgan fingerprint density at radius 3 is 2.57 bits per heavy atom. The van der Waals surface area contributed by atoms with E-state index in [0.717, 1.165) is 0 Å². The molecule has 23 heavy (non-hydrogen) atoms. The molecule has 1 aromatic heterocycles. The van der Waals surface area contributed by atoms with E-state index in [4.69, 9.17) is 13.9 Å². The number of hydrogen-bond acceptors (Lipinski definition) is 6. The van der Waals surface area contributed by atoms with E-state index in [1.54, 1.807) is 6.92 Å². The Balaban J connectivity index is 1.74. The quantitative estimate of drug-likeness (QED) is 0.805. The molecule has 1 aromatic carbocycles. The molecule has 2 aromatic rings. The first-order valence-corrected chi connectivity index (χ1v) is 8.21. The second-order valence-corrected chi connectivity index (χ2v) is 6.44. The Morgan fingerprint density at radius 1 is 1.13 bits per heavy atom. The standard InChI is InChI=1S/C14H14N2O6S/c1-9-11(4-5-20-9)14(17)15-16-23(18,19)10-2-3-12-13(8-10)22-7-6-21-12/h2-5,8,16H,6-7H2,1H3,(H,15,17). The zero-order chi connectivity index (χ0) is 16.4. The van der Waals surface area contributed by atoms with E-state index in [1.165, 1.54) is 30.5 Å². The molecule has 0 unspecified atom stereocenters. The Bertz CT molecular complexity index is 843. The van der Waals surface area contributed by atoms with Crippen LogP contribution in [0.5, 0.6) is 11.5 Å². The van der Waals surface area contributed by atoms with Crippen molar-refractivity contribution in [3.05, 3.63) is 41.9 Å². The lowest BCUT2D eigenvalue weighted by molar-refractivity contribution is 0.0943. The summed E-state index contributed by atoms with van der Waals surface area (Å²) < 4.78 is 40.1. The Hall–Kier alpha value is -2.52. The molecule has 1 aliphatic rings. The molecule has 9 heteroatoms. The summed E-state index contributed by atoms with van der Waals surface area (Å²) >= 11 is 0. The highest BCUT2D eigenvalue weighted by Gasteiger charge is 2.21. The number of carbonyl (C=O) groups is 1. The second-order valence-electron chi connectivity index (χ2n) is 4.76. The van der Waals surface area contributed by atoms with E-state index in [1.807, 2.05) is 4.83 Å². The molecule has 0 saturated heterocycles. The normalized spacial score (nSPS) is 13.6. The van der Waals surface area contributed by atoms with Gasteiger partial charge in [0.1, 0.15) is 19.0 Å². The SMILES string of the molecule is Cc1occc1C(=O)NNS(=O)(=O)c1ccc2c(c1)OCCO2. The molecule has 122 valence electrons. The molecule has 0 fully saturated rings. The lowest BCUT2D eigenvalue weighted by Gasteiger charge is -2.18. The minimum atomic E-state index is -3.94. The first-order valence-electron chi connectivity index (χ1n) is 6.73.